The van der Waals surface area contributed by atoms with Crippen LogP contribution in [0.5, 0.6) is 0 Å². The third-order valence-electron chi connectivity index (χ3n) is 3.11. The highest BCUT2D eigenvalue weighted by molar-refractivity contribution is 5.75. The molecule has 0 aliphatic carbocycles. The normalized spacial score (nSPS) is 11.6. The van der Waals surface area contributed by atoms with Gasteiger partial charge in [-0.1, -0.05) is 0 Å². The summed E-state index contributed by atoms with van der Waals surface area (Å²) in [5.74, 6) is -0.361. The van der Waals surface area contributed by atoms with E-state index < -0.39 is 18.2 Å². The Balaban J connectivity index is 2.21. The van der Waals surface area contributed by atoms with Crippen molar-refractivity contribution in [2.45, 2.75) is 39.0 Å². The molecule has 2 heterocycles. The van der Waals surface area contributed by atoms with Crippen LogP contribution in [0.2, 0.25) is 0 Å². The molecule has 0 spiro atoms. The highest BCUT2D eigenvalue weighted by Gasteiger charge is 2.28. The van der Waals surface area contributed by atoms with Crippen LogP contribution in [-0.2, 0) is 17.8 Å². The van der Waals surface area contributed by atoms with Crippen molar-refractivity contribution < 1.29 is 18.0 Å². The largest absolute Gasteiger partial charge is 0.394 e. The van der Waals surface area contributed by atoms with Crippen molar-refractivity contribution in [3.05, 3.63) is 46.5 Å². The van der Waals surface area contributed by atoms with Crippen molar-refractivity contribution in [3.8, 4) is 11.3 Å². The minimum absolute atomic E-state index is 0.0724. The molecule has 0 aromatic carbocycles. The van der Waals surface area contributed by atoms with Gasteiger partial charge in [0.2, 0.25) is 5.91 Å². The molecule has 1 amide bonds. The number of nitrogens with one attached hydrogen (secondary N) is 1. The molecule has 9 heteroatoms. The van der Waals surface area contributed by atoms with Crippen LogP contribution in [0.15, 0.2) is 35.3 Å². The second-order valence-corrected chi connectivity index (χ2v) is 5.77. The van der Waals surface area contributed by atoms with Gasteiger partial charge >= 0.3 is 6.18 Å². The smallest absolute Gasteiger partial charge is 0.352 e. The number of aromatic nitrogens is 3. The van der Waals surface area contributed by atoms with Gasteiger partial charge < -0.3 is 5.32 Å². The molecular formula is C16H17F3N4O2. The molecule has 0 fully saturated rings. The van der Waals surface area contributed by atoms with E-state index in [-0.39, 0.29) is 24.2 Å². The van der Waals surface area contributed by atoms with E-state index in [4.69, 9.17) is 0 Å². The summed E-state index contributed by atoms with van der Waals surface area (Å²) < 4.78 is 38.0. The second-order valence-electron chi connectivity index (χ2n) is 5.77. The number of carbonyl (C=O) groups is 1. The van der Waals surface area contributed by atoms with Crippen molar-refractivity contribution in [1.82, 2.24) is 20.1 Å². The summed E-state index contributed by atoms with van der Waals surface area (Å²) in [5.41, 5.74) is 0.220. The number of pyridine rings is 1. The molecule has 2 aromatic rings. The number of nitrogens with zero attached hydrogens (tertiary/aromatic N) is 3. The molecule has 0 radical (unpaired) electrons. The predicted octanol–water partition coefficient (Wildman–Crippen LogP) is 1.93. The highest BCUT2D eigenvalue weighted by Crippen LogP contribution is 2.21. The van der Waals surface area contributed by atoms with Crippen LogP contribution in [0.4, 0.5) is 13.2 Å². The van der Waals surface area contributed by atoms with Gasteiger partial charge in [0, 0.05) is 29.6 Å². The Labute approximate surface area is 141 Å². The van der Waals surface area contributed by atoms with Gasteiger partial charge in [-0.15, -0.1) is 0 Å². The van der Waals surface area contributed by atoms with E-state index in [0.717, 1.165) is 4.68 Å². The van der Waals surface area contributed by atoms with Gasteiger partial charge in [0.25, 0.3) is 5.56 Å². The maximum Gasteiger partial charge on any atom is 0.394 e. The maximum atomic E-state index is 12.3. The molecule has 0 saturated carbocycles. The summed E-state index contributed by atoms with van der Waals surface area (Å²) in [6.45, 7) is 3.34. The van der Waals surface area contributed by atoms with Crippen molar-refractivity contribution in [1.29, 1.82) is 0 Å². The first kappa shape index (κ1) is 18.6. The highest BCUT2D eigenvalue weighted by atomic mass is 19.4. The number of carbonyl (C=O) groups excluding carboxylic acids is 1. The molecule has 1 N–H and O–H groups in total. The zero-order chi connectivity index (χ0) is 18.6. The second kappa shape index (κ2) is 7.45. The Morgan fingerprint density at radius 1 is 1.24 bits per heavy atom. The molecule has 0 saturated heterocycles. The molecule has 0 aliphatic rings. The fourth-order valence-electron chi connectivity index (χ4n) is 2.11. The van der Waals surface area contributed by atoms with Crippen molar-refractivity contribution in [2.24, 2.45) is 0 Å². The van der Waals surface area contributed by atoms with Crippen LogP contribution in [0.3, 0.4) is 0 Å². The lowest BCUT2D eigenvalue weighted by Crippen LogP contribution is -2.36. The fourth-order valence-corrected chi connectivity index (χ4v) is 2.11. The van der Waals surface area contributed by atoms with Crippen molar-refractivity contribution in [3.63, 3.8) is 0 Å². The third kappa shape index (κ3) is 5.70. The Hall–Kier alpha value is -2.71. The minimum atomic E-state index is -4.33. The first-order chi connectivity index (χ1) is 11.6. The molecule has 134 valence electrons. The van der Waals surface area contributed by atoms with E-state index in [0.29, 0.717) is 11.3 Å². The topological polar surface area (TPSA) is 76.9 Å². The molecule has 2 aromatic heterocycles. The average molecular weight is 354 g/mol. The quantitative estimate of drug-likeness (QED) is 0.890. The summed E-state index contributed by atoms with van der Waals surface area (Å²) in [5, 5.41) is 6.72. The maximum absolute atomic E-state index is 12.3. The van der Waals surface area contributed by atoms with E-state index >= 15 is 0 Å². The van der Waals surface area contributed by atoms with Gasteiger partial charge in [0.05, 0.1) is 12.1 Å². The monoisotopic (exact) mass is 354 g/mol. The van der Waals surface area contributed by atoms with Gasteiger partial charge in [0.15, 0.2) is 0 Å². The molecular weight excluding hydrogens is 337 g/mol. The van der Waals surface area contributed by atoms with Gasteiger partial charge in [0.1, 0.15) is 6.54 Å². The minimum Gasteiger partial charge on any atom is -0.352 e. The SMILES string of the molecule is CC(C)NC(=O)Cn1nc(-c2ccc(CC(F)(F)F)nc2)ccc1=O. The zero-order valence-corrected chi connectivity index (χ0v) is 13.7. The van der Waals surface area contributed by atoms with Crippen LogP contribution in [0.25, 0.3) is 11.3 Å². The summed E-state index contributed by atoms with van der Waals surface area (Å²) in [6.07, 6.45) is -4.19. The number of hydrogen-bond acceptors (Lipinski definition) is 4. The lowest BCUT2D eigenvalue weighted by molar-refractivity contribution is -0.128. The number of hydrogen-bond donors (Lipinski definition) is 1. The first-order valence-electron chi connectivity index (χ1n) is 7.53. The van der Waals surface area contributed by atoms with Crippen LogP contribution in [0.1, 0.15) is 19.5 Å². The van der Waals surface area contributed by atoms with Crippen LogP contribution < -0.4 is 10.9 Å². The number of halogens is 3. The van der Waals surface area contributed by atoms with Gasteiger partial charge in [-0.05, 0) is 32.0 Å². The number of alkyl halides is 3. The van der Waals surface area contributed by atoms with Gasteiger partial charge in [-0.25, -0.2) is 4.68 Å². The van der Waals surface area contributed by atoms with Crippen LogP contribution in [0, 0.1) is 0 Å². The predicted molar refractivity (Wildman–Crippen MR) is 84.8 cm³/mol. The lowest BCUT2D eigenvalue weighted by atomic mass is 10.1. The van der Waals surface area contributed by atoms with Crippen LogP contribution in [-0.4, -0.2) is 32.9 Å². The van der Waals surface area contributed by atoms with Crippen molar-refractivity contribution >= 4 is 5.91 Å². The Morgan fingerprint density at radius 3 is 2.52 bits per heavy atom. The molecule has 0 atom stereocenters. The molecule has 2 rings (SSSR count). The van der Waals surface area contributed by atoms with Crippen LogP contribution >= 0.6 is 0 Å². The van der Waals surface area contributed by atoms with E-state index in [1.54, 1.807) is 13.8 Å². The molecule has 0 bridgehead atoms. The van der Waals surface area contributed by atoms with E-state index in [9.17, 15) is 22.8 Å². The summed E-state index contributed by atoms with van der Waals surface area (Å²) in [4.78, 5) is 27.4. The first-order valence-corrected chi connectivity index (χ1v) is 7.53. The summed E-state index contributed by atoms with van der Waals surface area (Å²) >= 11 is 0. The molecule has 25 heavy (non-hydrogen) atoms. The zero-order valence-electron chi connectivity index (χ0n) is 13.7. The summed E-state index contributed by atoms with van der Waals surface area (Å²) in [7, 11) is 0. The number of amides is 1. The fraction of sp³-hybridized carbons (Fsp3) is 0.375. The molecule has 6 nitrogen and oxygen atoms in total. The third-order valence-corrected chi connectivity index (χ3v) is 3.11. The summed E-state index contributed by atoms with van der Waals surface area (Å²) in [6, 6.07) is 5.30. The van der Waals surface area contributed by atoms with E-state index in [1.165, 1.54) is 30.5 Å². The van der Waals surface area contributed by atoms with Gasteiger partial charge in [-0.2, -0.15) is 18.3 Å². The van der Waals surface area contributed by atoms with Gasteiger partial charge in [-0.3, -0.25) is 14.6 Å². The molecule has 0 aliphatic heterocycles. The van der Waals surface area contributed by atoms with E-state index in [2.05, 4.69) is 15.4 Å². The van der Waals surface area contributed by atoms with E-state index in [1.807, 2.05) is 0 Å². The standard InChI is InChI=1S/C16H17F3N4O2/c1-10(2)21-14(24)9-23-15(25)6-5-13(22-23)11-3-4-12(20-8-11)7-16(17,18)19/h3-6,8,10H,7,9H2,1-2H3,(H,21,24). The Morgan fingerprint density at radius 2 is 1.96 bits per heavy atom. The lowest BCUT2D eigenvalue weighted by Gasteiger charge is -2.10. The van der Waals surface area contributed by atoms with Crippen molar-refractivity contribution in [2.75, 3.05) is 0 Å². The molecule has 0 unspecified atom stereocenters. The number of rotatable bonds is 5. The Kier molecular flexibility index (Phi) is 5.55. The average Bonchev–Trinajstić information content (AvgIpc) is 2.48. The Bertz CT molecular complexity index is 798.